The number of unbranched alkanes of at least 4 members (excludes halogenated alkanes) is 1. The lowest BCUT2D eigenvalue weighted by Crippen LogP contribution is -2.24. The number of thiol groups is 2. The zero-order chi connectivity index (χ0) is 12.4. The highest BCUT2D eigenvalue weighted by Crippen LogP contribution is 2.12. The van der Waals surface area contributed by atoms with E-state index >= 15 is 0 Å². The van der Waals surface area contributed by atoms with Crippen LogP contribution in [0.5, 0.6) is 0 Å². The van der Waals surface area contributed by atoms with Crippen molar-refractivity contribution in [1.82, 2.24) is 5.48 Å². The number of amides is 1. The Labute approximate surface area is 109 Å². The molecule has 0 heterocycles. The van der Waals surface area contributed by atoms with Gasteiger partial charge in [0.1, 0.15) is 11.4 Å². The molecule has 8 heteroatoms. The molecule has 0 aliphatic rings. The van der Waals surface area contributed by atoms with Crippen LogP contribution >= 0.6 is 25.3 Å². The van der Waals surface area contributed by atoms with E-state index in [1.165, 1.54) is 0 Å². The van der Waals surface area contributed by atoms with Crippen LogP contribution in [-0.2, 0) is 20.4 Å². The summed E-state index contributed by atoms with van der Waals surface area (Å²) in [6, 6.07) is 0. The van der Waals surface area contributed by atoms with Crippen LogP contribution in [0.1, 0.15) is 32.1 Å². The summed E-state index contributed by atoms with van der Waals surface area (Å²) < 4.78 is 23.8. The summed E-state index contributed by atoms with van der Waals surface area (Å²) in [4.78, 5) is 11.0. The lowest BCUT2D eigenvalue weighted by Gasteiger charge is -2.09. The molecule has 0 spiro atoms. The van der Waals surface area contributed by atoms with Gasteiger partial charge in [-0.15, -0.1) is 0 Å². The number of nitrogens with one attached hydrogen (secondary N) is 1. The summed E-state index contributed by atoms with van der Waals surface area (Å²) in [7, 11) is 0. The molecule has 2 atom stereocenters. The quantitative estimate of drug-likeness (QED) is 0.256. The first kappa shape index (κ1) is 16.2. The number of hydrogen-bond acceptors (Lipinski definition) is 6. The predicted molar refractivity (Wildman–Crippen MR) is 67.9 cm³/mol. The Kier molecular flexibility index (Phi) is 10.6. The Morgan fingerprint density at radius 2 is 2.12 bits per heavy atom. The van der Waals surface area contributed by atoms with Crippen LogP contribution in [0, 0.1) is 0 Å². The summed E-state index contributed by atoms with van der Waals surface area (Å²) in [5.74, 6) is 0.367. The molecular weight excluding hydrogens is 270 g/mol. The Hall–Kier alpha value is 0.240. The SMILES string of the molecule is O=C(CCCCC(S)CCS)NOS(=O)[O-]. The Morgan fingerprint density at radius 3 is 2.69 bits per heavy atom. The molecule has 96 valence electrons. The molecule has 2 unspecified atom stereocenters. The van der Waals surface area contributed by atoms with Crippen molar-refractivity contribution in [2.45, 2.75) is 37.4 Å². The van der Waals surface area contributed by atoms with Crippen LogP contribution in [0.4, 0.5) is 0 Å². The molecule has 0 aliphatic heterocycles. The average molecular weight is 286 g/mol. The molecule has 0 aliphatic carbocycles. The molecule has 0 aromatic carbocycles. The second kappa shape index (κ2) is 10.4. The fourth-order valence-corrected chi connectivity index (χ4v) is 2.08. The fraction of sp³-hybridized carbons (Fsp3) is 0.875. The summed E-state index contributed by atoms with van der Waals surface area (Å²) in [5, 5.41) is 0.311. The third-order valence-electron chi connectivity index (χ3n) is 1.88. The molecule has 1 N–H and O–H groups in total. The summed E-state index contributed by atoms with van der Waals surface area (Å²) >= 11 is 5.74. The zero-order valence-electron chi connectivity index (χ0n) is 8.76. The molecule has 0 aromatic rings. The topological polar surface area (TPSA) is 78.5 Å². The molecule has 1 amide bonds. The normalized spacial score (nSPS) is 14.4. The van der Waals surface area contributed by atoms with E-state index in [9.17, 15) is 13.6 Å². The van der Waals surface area contributed by atoms with Gasteiger partial charge in [-0.1, -0.05) is 6.42 Å². The molecule has 0 radical (unpaired) electrons. The standard InChI is InChI=1S/C8H17NO4S3/c10-8(9-13-16(11)12)4-2-1-3-7(15)5-6-14/h7,14-15H,1-6H2,(H,9,10)(H,11,12)/p-1. The van der Waals surface area contributed by atoms with Crippen LogP contribution in [0.3, 0.4) is 0 Å². The highest BCUT2D eigenvalue weighted by atomic mass is 32.2. The van der Waals surface area contributed by atoms with Gasteiger partial charge in [0.25, 0.3) is 0 Å². The van der Waals surface area contributed by atoms with Crippen LogP contribution in [0.25, 0.3) is 0 Å². The third-order valence-corrected chi connectivity index (χ3v) is 2.87. The van der Waals surface area contributed by atoms with Crippen LogP contribution in [0.2, 0.25) is 0 Å². The molecule has 0 saturated carbocycles. The largest absolute Gasteiger partial charge is 0.748 e. The van der Waals surface area contributed by atoms with Crippen molar-refractivity contribution >= 4 is 42.5 Å². The van der Waals surface area contributed by atoms with Gasteiger partial charge in [-0.2, -0.15) is 29.5 Å². The van der Waals surface area contributed by atoms with Gasteiger partial charge in [-0.25, -0.2) is 9.69 Å². The number of rotatable bonds is 9. The molecule has 0 rings (SSSR count). The predicted octanol–water partition coefficient (Wildman–Crippen LogP) is 1.01. The lowest BCUT2D eigenvalue weighted by atomic mass is 10.1. The minimum absolute atomic E-state index is 0.249. The molecule has 0 aromatic heterocycles. The van der Waals surface area contributed by atoms with Crippen molar-refractivity contribution in [3.8, 4) is 0 Å². The van der Waals surface area contributed by atoms with Gasteiger partial charge in [0.15, 0.2) is 0 Å². The Bertz CT molecular complexity index is 227. The number of hydroxylamine groups is 1. The molecule has 5 nitrogen and oxygen atoms in total. The van der Waals surface area contributed by atoms with Crippen molar-refractivity contribution < 1.29 is 17.8 Å². The van der Waals surface area contributed by atoms with Gasteiger partial charge in [-0.05, 0) is 25.0 Å². The average Bonchev–Trinajstić information content (AvgIpc) is 2.22. The van der Waals surface area contributed by atoms with Gasteiger partial charge >= 0.3 is 0 Å². The van der Waals surface area contributed by atoms with Crippen LogP contribution < -0.4 is 5.48 Å². The summed E-state index contributed by atoms with van der Waals surface area (Å²) in [5.41, 5.74) is 1.81. The molecule has 0 saturated heterocycles. The minimum atomic E-state index is -2.71. The molecule has 0 bridgehead atoms. The third kappa shape index (κ3) is 10.7. The van der Waals surface area contributed by atoms with E-state index < -0.39 is 17.3 Å². The van der Waals surface area contributed by atoms with Crippen LogP contribution in [-0.4, -0.2) is 25.7 Å². The number of hydrogen-bond donors (Lipinski definition) is 3. The summed E-state index contributed by atoms with van der Waals surface area (Å²) in [6.07, 6.45) is 3.67. The first-order valence-electron chi connectivity index (χ1n) is 4.90. The van der Waals surface area contributed by atoms with Crippen molar-refractivity contribution in [1.29, 1.82) is 0 Å². The molecular formula is C8H16NO4S3-. The van der Waals surface area contributed by atoms with Gasteiger partial charge in [0.05, 0.1) is 0 Å². The highest BCUT2D eigenvalue weighted by Gasteiger charge is 2.04. The minimum Gasteiger partial charge on any atom is -0.748 e. The van der Waals surface area contributed by atoms with E-state index in [0.29, 0.717) is 11.7 Å². The van der Waals surface area contributed by atoms with Gasteiger partial charge in [0, 0.05) is 11.7 Å². The van der Waals surface area contributed by atoms with Crippen molar-refractivity contribution in [3.05, 3.63) is 0 Å². The second-order valence-corrected chi connectivity index (χ2v) is 4.98. The van der Waals surface area contributed by atoms with E-state index in [0.717, 1.165) is 25.0 Å². The number of carbonyl (C=O) groups is 1. The zero-order valence-corrected chi connectivity index (χ0v) is 11.4. The first-order chi connectivity index (χ1) is 7.56. The van der Waals surface area contributed by atoms with E-state index in [1.54, 1.807) is 0 Å². The highest BCUT2D eigenvalue weighted by molar-refractivity contribution is 7.81. The Balaban J connectivity index is 3.37. The monoisotopic (exact) mass is 286 g/mol. The van der Waals surface area contributed by atoms with Gasteiger partial charge in [0.2, 0.25) is 5.91 Å². The fourth-order valence-electron chi connectivity index (χ4n) is 1.09. The Morgan fingerprint density at radius 1 is 1.44 bits per heavy atom. The van der Waals surface area contributed by atoms with E-state index in [-0.39, 0.29) is 6.42 Å². The lowest BCUT2D eigenvalue weighted by molar-refractivity contribution is -0.127. The maximum Gasteiger partial charge on any atom is 0.244 e. The second-order valence-electron chi connectivity index (χ2n) is 3.22. The van der Waals surface area contributed by atoms with Crippen molar-refractivity contribution in [3.63, 3.8) is 0 Å². The van der Waals surface area contributed by atoms with Gasteiger partial charge in [-0.3, -0.25) is 4.79 Å². The van der Waals surface area contributed by atoms with Crippen LogP contribution in [0.15, 0.2) is 0 Å². The number of carbonyl (C=O) groups excluding carboxylic acids is 1. The van der Waals surface area contributed by atoms with Gasteiger partial charge < -0.3 is 4.55 Å². The van der Waals surface area contributed by atoms with Crippen molar-refractivity contribution in [2.75, 3.05) is 5.75 Å². The van der Waals surface area contributed by atoms with E-state index in [4.69, 9.17) is 0 Å². The van der Waals surface area contributed by atoms with E-state index in [1.807, 2.05) is 5.48 Å². The molecule has 0 fully saturated rings. The van der Waals surface area contributed by atoms with Crippen molar-refractivity contribution in [2.24, 2.45) is 0 Å². The smallest absolute Gasteiger partial charge is 0.244 e. The first-order valence-corrected chi connectivity index (χ1v) is 7.05. The van der Waals surface area contributed by atoms with E-state index in [2.05, 4.69) is 29.5 Å². The molecule has 16 heavy (non-hydrogen) atoms. The maximum absolute atomic E-state index is 11.0. The summed E-state index contributed by atoms with van der Waals surface area (Å²) in [6.45, 7) is 0. The maximum atomic E-state index is 11.0.